The molecule has 0 radical (unpaired) electrons. The number of hydrogen-bond acceptors (Lipinski definition) is 5. The molecule has 3 aromatic heterocycles. The lowest BCUT2D eigenvalue weighted by Gasteiger charge is -2.18. The minimum Gasteiger partial charge on any atom is -0.366 e. The quantitative estimate of drug-likeness (QED) is 0.496. The first kappa shape index (κ1) is 17.6. The Morgan fingerprint density at radius 1 is 1.10 bits per heavy atom. The van der Waals surface area contributed by atoms with Crippen LogP contribution >= 0.6 is 0 Å². The van der Waals surface area contributed by atoms with Crippen LogP contribution in [0.4, 0.5) is 0 Å². The van der Waals surface area contributed by atoms with E-state index < -0.39 is 6.29 Å². The monoisotopic (exact) mass is 410 g/mol. The summed E-state index contributed by atoms with van der Waals surface area (Å²) in [6.45, 7) is 2.02. The molecule has 1 aromatic carbocycles. The van der Waals surface area contributed by atoms with Gasteiger partial charge in [-0.1, -0.05) is 12.1 Å². The van der Waals surface area contributed by atoms with Crippen LogP contribution in [0.2, 0.25) is 0 Å². The molecule has 6 nitrogen and oxygen atoms in total. The largest absolute Gasteiger partial charge is 0.366 e. The normalized spacial score (nSPS) is 25.9. The summed E-state index contributed by atoms with van der Waals surface area (Å²) in [7, 11) is 0. The van der Waals surface area contributed by atoms with Crippen molar-refractivity contribution in [3.8, 4) is 22.6 Å². The van der Waals surface area contributed by atoms with Crippen molar-refractivity contribution in [2.75, 3.05) is 0 Å². The van der Waals surface area contributed by atoms with Crippen LogP contribution in [0.3, 0.4) is 0 Å². The van der Waals surface area contributed by atoms with Gasteiger partial charge in [-0.15, -0.1) is 0 Å². The number of aromatic nitrogens is 4. The number of aliphatic hydroxyl groups excluding tert-OH is 1. The van der Waals surface area contributed by atoms with Gasteiger partial charge in [0.2, 0.25) is 0 Å². The topological polar surface area (TPSA) is 76.4 Å². The number of pyridine rings is 2. The molecule has 2 bridgehead atoms. The van der Waals surface area contributed by atoms with Gasteiger partial charge in [-0.2, -0.15) is 0 Å². The first-order valence-electron chi connectivity index (χ1n) is 11.0. The van der Waals surface area contributed by atoms with Crippen LogP contribution in [0.25, 0.3) is 33.5 Å². The number of aryl methyl sites for hydroxylation is 1. The van der Waals surface area contributed by atoms with Crippen molar-refractivity contribution < 1.29 is 9.84 Å². The maximum Gasteiger partial charge on any atom is 0.186 e. The molecule has 1 N–H and O–H groups in total. The molecular formula is C25H22N4O2. The lowest BCUT2D eigenvalue weighted by molar-refractivity contribution is 0.156. The molecule has 0 amide bonds. The average Bonchev–Trinajstić information content (AvgIpc) is 3.13. The molecule has 3 aliphatic rings. The lowest BCUT2D eigenvalue weighted by Crippen LogP contribution is -2.08. The first-order valence-corrected chi connectivity index (χ1v) is 11.0. The van der Waals surface area contributed by atoms with Crippen LogP contribution in [0.1, 0.15) is 54.4 Å². The number of ether oxygens (including phenoxy) is 1. The third kappa shape index (κ3) is 2.55. The van der Waals surface area contributed by atoms with Gasteiger partial charge < -0.3 is 14.4 Å². The number of aliphatic hydroxyl groups is 1. The van der Waals surface area contributed by atoms with E-state index in [0.717, 1.165) is 44.8 Å². The second kappa shape index (κ2) is 6.22. The van der Waals surface area contributed by atoms with Crippen molar-refractivity contribution in [3.63, 3.8) is 0 Å². The number of epoxide rings is 1. The fraction of sp³-hybridized carbons (Fsp3) is 0.320. The van der Waals surface area contributed by atoms with E-state index in [4.69, 9.17) is 14.7 Å². The molecule has 6 heteroatoms. The van der Waals surface area contributed by atoms with Crippen LogP contribution < -0.4 is 0 Å². The zero-order valence-electron chi connectivity index (χ0n) is 17.2. The number of fused-ring (bicyclic) bond motifs is 6. The van der Waals surface area contributed by atoms with Gasteiger partial charge in [-0.3, -0.25) is 9.97 Å². The molecule has 4 aromatic rings. The smallest absolute Gasteiger partial charge is 0.186 e. The molecule has 2 aliphatic heterocycles. The molecule has 4 unspecified atom stereocenters. The van der Waals surface area contributed by atoms with Crippen LogP contribution in [0.5, 0.6) is 0 Å². The summed E-state index contributed by atoms with van der Waals surface area (Å²) in [5.41, 5.74) is 7.02. The van der Waals surface area contributed by atoms with Crippen molar-refractivity contribution in [2.24, 2.45) is 0 Å². The van der Waals surface area contributed by atoms with Crippen LogP contribution in [0, 0.1) is 6.92 Å². The summed E-state index contributed by atoms with van der Waals surface area (Å²) >= 11 is 0. The predicted octanol–water partition coefficient (Wildman–Crippen LogP) is 4.68. The van der Waals surface area contributed by atoms with Crippen molar-refractivity contribution in [1.82, 2.24) is 19.5 Å². The van der Waals surface area contributed by atoms with Crippen molar-refractivity contribution in [2.45, 2.75) is 50.5 Å². The van der Waals surface area contributed by atoms with E-state index in [1.54, 1.807) is 0 Å². The highest BCUT2D eigenvalue weighted by Gasteiger charge is 2.42. The van der Waals surface area contributed by atoms with E-state index >= 15 is 0 Å². The molecular weight excluding hydrogens is 388 g/mol. The molecule has 1 saturated carbocycles. The minimum atomic E-state index is -0.709. The van der Waals surface area contributed by atoms with Gasteiger partial charge in [-0.05, 0) is 62.1 Å². The second-order valence-electron chi connectivity index (χ2n) is 8.95. The van der Waals surface area contributed by atoms with Gasteiger partial charge >= 0.3 is 0 Å². The summed E-state index contributed by atoms with van der Waals surface area (Å²) in [6, 6.07) is 14.8. The standard InChI is InChI=1S/C25H22N4O2/c1-13-3-2-4-20(27-13)21-22(29-16-7-5-15(11-16)24(29)28-21)17-9-10-26-19-8-6-14(12-18(17)19)23-25(30)31-23/h2-4,6,8-10,12,15-16,23,25,30H,5,7,11H2,1H3. The zero-order valence-corrected chi connectivity index (χ0v) is 17.2. The molecule has 1 saturated heterocycles. The van der Waals surface area contributed by atoms with Crippen molar-refractivity contribution in [3.05, 3.63) is 65.7 Å². The number of hydrogen-bond donors (Lipinski definition) is 1. The summed E-state index contributed by atoms with van der Waals surface area (Å²) in [4.78, 5) is 14.6. The van der Waals surface area contributed by atoms with Gasteiger partial charge in [0.25, 0.3) is 0 Å². The summed E-state index contributed by atoms with van der Waals surface area (Å²) in [5, 5.41) is 10.8. The lowest BCUT2D eigenvalue weighted by atomic mass is 9.99. The number of nitrogens with zero attached hydrogens (tertiary/aromatic N) is 4. The van der Waals surface area contributed by atoms with E-state index in [2.05, 4.69) is 33.8 Å². The summed E-state index contributed by atoms with van der Waals surface area (Å²) < 4.78 is 7.78. The predicted molar refractivity (Wildman–Crippen MR) is 116 cm³/mol. The highest BCUT2D eigenvalue weighted by molar-refractivity contribution is 5.97. The zero-order chi connectivity index (χ0) is 20.7. The van der Waals surface area contributed by atoms with Crippen LogP contribution in [-0.2, 0) is 4.74 Å². The van der Waals surface area contributed by atoms with Gasteiger partial charge in [0.15, 0.2) is 6.29 Å². The van der Waals surface area contributed by atoms with E-state index in [-0.39, 0.29) is 6.10 Å². The van der Waals surface area contributed by atoms with Crippen LogP contribution in [0.15, 0.2) is 48.7 Å². The van der Waals surface area contributed by atoms with E-state index in [1.807, 2.05) is 31.3 Å². The van der Waals surface area contributed by atoms with Gasteiger partial charge in [0.1, 0.15) is 17.6 Å². The molecule has 154 valence electrons. The molecule has 4 atom stereocenters. The van der Waals surface area contributed by atoms with E-state index in [0.29, 0.717) is 12.0 Å². The van der Waals surface area contributed by atoms with Crippen molar-refractivity contribution in [1.29, 1.82) is 0 Å². The number of imidazole rings is 1. The maximum absolute atomic E-state index is 9.76. The Morgan fingerprint density at radius 2 is 2.00 bits per heavy atom. The van der Waals surface area contributed by atoms with Gasteiger partial charge in [0, 0.05) is 34.8 Å². The second-order valence-corrected chi connectivity index (χ2v) is 8.95. The highest BCUT2D eigenvalue weighted by atomic mass is 16.7. The Hall–Kier alpha value is -3.09. The minimum absolute atomic E-state index is 0.248. The Bertz CT molecular complexity index is 1360. The Balaban J connectivity index is 1.51. The Labute approximate surface area is 179 Å². The molecule has 7 rings (SSSR count). The molecule has 5 heterocycles. The fourth-order valence-electron chi connectivity index (χ4n) is 5.54. The van der Waals surface area contributed by atoms with Gasteiger partial charge in [-0.25, -0.2) is 4.98 Å². The van der Waals surface area contributed by atoms with Crippen molar-refractivity contribution >= 4 is 10.9 Å². The molecule has 0 spiro atoms. The summed E-state index contributed by atoms with van der Waals surface area (Å²) in [6.07, 6.45) is 4.54. The average molecular weight is 410 g/mol. The molecule has 2 fully saturated rings. The Kier molecular flexibility index (Phi) is 3.52. The molecule has 1 aliphatic carbocycles. The number of rotatable bonds is 3. The summed E-state index contributed by atoms with van der Waals surface area (Å²) in [5.74, 6) is 1.74. The van der Waals surface area contributed by atoms with Crippen LogP contribution in [-0.4, -0.2) is 30.9 Å². The first-order chi connectivity index (χ1) is 15.2. The van der Waals surface area contributed by atoms with E-state index in [1.165, 1.54) is 25.1 Å². The Morgan fingerprint density at radius 3 is 2.84 bits per heavy atom. The number of benzene rings is 1. The third-order valence-corrected chi connectivity index (χ3v) is 7.02. The molecule has 31 heavy (non-hydrogen) atoms. The van der Waals surface area contributed by atoms with Gasteiger partial charge in [0.05, 0.1) is 16.9 Å². The van der Waals surface area contributed by atoms with E-state index in [9.17, 15) is 5.11 Å². The maximum atomic E-state index is 9.76. The highest BCUT2D eigenvalue weighted by Crippen LogP contribution is 2.53. The SMILES string of the molecule is Cc1cccc(-c2nc3n(c2-c2ccnc4ccc(C5OC5O)cc24)C2CCC3C2)n1. The third-order valence-electron chi connectivity index (χ3n) is 7.02. The fourth-order valence-corrected chi connectivity index (χ4v) is 5.54.